The van der Waals surface area contributed by atoms with E-state index in [0.29, 0.717) is 12.8 Å². The molecule has 0 aromatic heterocycles. The molecule has 3 aliphatic carbocycles. The number of aliphatic hydroxyl groups excluding tert-OH is 2. The molecule has 6 atom stereocenters. The average Bonchev–Trinajstić information content (AvgIpc) is 2.28. The maximum absolute atomic E-state index is 10.7. The van der Waals surface area contributed by atoms with Crippen molar-refractivity contribution in [1.82, 2.24) is 0 Å². The van der Waals surface area contributed by atoms with Gasteiger partial charge in [-0.1, -0.05) is 12.8 Å². The van der Waals surface area contributed by atoms with Crippen LogP contribution in [0, 0.1) is 23.2 Å². The summed E-state index contributed by atoms with van der Waals surface area (Å²) in [5, 5.41) is 31.7. The van der Waals surface area contributed by atoms with Gasteiger partial charge < -0.3 is 20.1 Å². The van der Waals surface area contributed by atoms with Crippen LogP contribution in [0.4, 0.5) is 0 Å². The number of hydrogen-bond acceptors (Lipinski definition) is 4. The first-order chi connectivity index (χ1) is 9.04. The number of aliphatic hydroxyl groups is 3. The predicted molar refractivity (Wildman–Crippen MR) is 75.9 cm³/mol. The van der Waals surface area contributed by atoms with Crippen LogP contribution >= 0.6 is 0 Å². The van der Waals surface area contributed by atoms with E-state index in [2.05, 4.69) is 11.8 Å². The second-order valence-electron chi connectivity index (χ2n) is 7.44. The van der Waals surface area contributed by atoms with Crippen LogP contribution in [0.5, 0.6) is 0 Å². The fourth-order valence-corrected chi connectivity index (χ4v) is 3.82. The molecule has 0 aromatic rings. The van der Waals surface area contributed by atoms with Gasteiger partial charge in [0.05, 0.1) is 17.8 Å². The van der Waals surface area contributed by atoms with Gasteiger partial charge in [-0.05, 0) is 40.5 Å². The highest BCUT2D eigenvalue weighted by atomic mass is 16.5. The van der Waals surface area contributed by atoms with Crippen LogP contribution < -0.4 is 0 Å². The Bertz CT molecular complexity index is 440. The summed E-state index contributed by atoms with van der Waals surface area (Å²) in [4.78, 5) is 0. The smallest absolute Gasteiger partial charge is 0.157 e. The molecule has 3 aliphatic rings. The topological polar surface area (TPSA) is 69.9 Å². The Kier molecular flexibility index (Phi) is 3.71. The van der Waals surface area contributed by atoms with Gasteiger partial charge in [0.15, 0.2) is 5.60 Å². The van der Waals surface area contributed by atoms with Crippen molar-refractivity contribution in [3.63, 3.8) is 0 Å². The van der Waals surface area contributed by atoms with E-state index in [4.69, 9.17) is 4.74 Å². The summed E-state index contributed by atoms with van der Waals surface area (Å²) in [6, 6.07) is 0. The largest absolute Gasteiger partial charge is 0.393 e. The highest BCUT2D eigenvalue weighted by Crippen LogP contribution is 2.56. The van der Waals surface area contributed by atoms with E-state index in [1.165, 1.54) is 0 Å². The molecule has 20 heavy (non-hydrogen) atoms. The van der Waals surface area contributed by atoms with Crippen molar-refractivity contribution in [2.45, 2.75) is 77.0 Å². The van der Waals surface area contributed by atoms with Crippen molar-refractivity contribution in [2.75, 3.05) is 0 Å². The summed E-state index contributed by atoms with van der Waals surface area (Å²) >= 11 is 0. The maximum Gasteiger partial charge on any atom is 0.157 e. The molecule has 4 nitrogen and oxygen atoms in total. The lowest BCUT2D eigenvalue weighted by Crippen LogP contribution is -2.72. The Hall–Kier alpha value is -0.600. The molecule has 0 spiro atoms. The van der Waals surface area contributed by atoms with E-state index in [-0.39, 0.29) is 11.7 Å². The third kappa shape index (κ3) is 2.27. The quantitative estimate of drug-likeness (QED) is 0.629. The van der Waals surface area contributed by atoms with E-state index in [0.717, 1.165) is 0 Å². The predicted octanol–water partition coefficient (Wildman–Crippen LogP) is 1.08. The van der Waals surface area contributed by atoms with Crippen LogP contribution in [0.25, 0.3) is 0 Å². The number of ether oxygens (including phenoxy) is 1. The lowest BCUT2D eigenvalue weighted by atomic mass is 9.51. The summed E-state index contributed by atoms with van der Waals surface area (Å²) in [6.45, 7) is 9.41. The maximum atomic E-state index is 10.7. The highest BCUT2D eigenvalue weighted by molar-refractivity contribution is 5.28. The van der Waals surface area contributed by atoms with Crippen LogP contribution in [0.2, 0.25) is 0 Å². The molecular weight excluding hydrogens is 256 g/mol. The van der Waals surface area contributed by atoms with Crippen molar-refractivity contribution in [3.8, 4) is 11.8 Å². The summed E-state index contributed by atoms with van der Waals surface area (Å²) in [5.41, 5.74) is -2.57. The van der Waals surface area contributed by atoms with Gasteiger partial charge in [-0.15, -0.1) is 5.92 Å². The van der Waals surface area contributed by atoms with Crippen LogP contribution in [-0.4, -0.2) is 44.8 Å². The molecule has 0 aromatic carbocycles. The van der Waals surface area contributed by atoms with Crippen LogP contribution in [0.1, 0.15) is 47.5 Å². The van der Waals surface area contributed by atoms with Gasteiger partial charge in [-0.25, -0.2) is 0 Å². The van der Waals surface area contributed by atoms with E-state index >= 15 is 0 Å². The molecule has 0 aliphatic heterocycles. The normalized spacial score (nSPS) is 47.8. The Morgan fingerprint density at radius 2 is 1.85 bits per heavy atom. The Morgan fingerprint density at radius 3 is 2.35 bits per heavy atom. The van der Waals surface area contributed by atoms with Crippen molar-refractivity contribution in [1.29, 1.82) is 0 Å². The van der Waals surface area contributed by atoms with Gasteiger partial charge in [-0.2, -0.15) is 0 Å². The molecule has 3 fully saturated rings. The molecule has 0 amide bonds. The molecule has 4 heteroatoms. The summed E-state index contributed by atoms with van der Waals surface area (Å²) in [5.74, 6) is 4.93. The SMILES string of the molecule is CC#CC1(O)C2C[C@H](OC(C)(C)C)C(C)(C[C@@H]2O)C1O. The van der Waals surface area contributed by atoms with E-state index < -0.39 is 29.1 Å². The highest BCUT2D eigenvalue weighted by Gasteiger charge is 2.66. The number of hydrogen-bond donors (Lipinski definition) is 3. The molecule has 3 saturated carbocycles. The first kappa shape index (κ1) is 15.8. The van der Waals surface area contributed by atoms with Crippen molar-refractivity contribution in [2.24, 2.45) is 11.3 Å². The number of fused-ring (bicyclic) bond motifs is 3. The number of rotatable bonds is 1. The van der Waals surface area contributed by atoms with Crippen LogP contribution in [-0.2, 0) is 4.74 Å². The fraction of sp³-hybridized carbons (Fsp3) is 0.875. The minimum atomic E-state index is -1.54. The minimum Gasteiger partial charge on any atom is -0.393 e. The van der Waals surface area contributed by atoms with Crippen LogP contribution in [0.3, 0.4) is 0 Å². The molecule has 0 radical (unpaired) electrons. The monoisotopic (exact) mass is 282 g/mol. The zero-order valence-electron chi connectivity index (χ0n) is 13.0. The molecule has 0 heterocycles. The Balaban J connectivity index is 2.38. The van der Waals surface area contributed by atoms with Crippen molar-refractivity contribution in [3.05, 3.63) is 0 Å². The van der Waals surface area contributed by atoms with Gasteiger partial charge in [0.2, 0.25) is 0 Å². The van der Waals surface area contributed by atoms with Crippen molar-refractivity contribution >= 4 is 0 Å². The van der Waals surface area contributed by atoms with E-state index in [1.54, 1.807) is 6.92 Å². The van der Waals surface area contributed by atoms with E-state index in [9.17, 15) is 15.3 Å². The van der Waals surface area contributed by atoms with E-state index in [1.807, 2.05) is 27.7 Å². The lowest BCUT2D eigenvalue weighted by molar-refractivity contribution is -0.284. The molecule has 2 bridgehead atoms. The van der Waals surface area contributed by atoms with Gasteiger partial charge >= 0.3 is 0 Å². The van der Waals surface area contributed by atoms with Gasteiger partial charge in [0.25, 0.3) is 0 Å². The zero-order chi connectivity index (χ0) is 15.3. The van der Waals surface area contributed by atoms with Gasteiger partial charge in [0.1, 0.15) is 6.10 Å². The minimum absolute atomic E-state index is 0.190. The van der Waals surface area contributed by atoms with Gasteiger partial charge in [0, 0.05) is 11.3 Å². The average molecular weight is 282 g/mol. The Labute approximate surface area is 121 Å². The zero-order valence-corrected chi connectivity index (χ0v) is 13.0. The second-order valence-corrected chi connectivity index (χ2v) is 7.44. The van der Waals surface area contributed by atoms with Gasteiger partial charge in [-0.3, -0.25) is 0 Å². The first-order valence-corrected chi connectivity index (χ1v) is 7.25. The second kappa shape index (κ2) is 4.71. The first-order valence-electron chi connectivity index (χ1n) is 7.25. The third-order valence-electron chi connectivity index (χ3n) is 4.74. The summed E-state index contributed by atoms with van der Waals surface area (Å²) < 4.78 is 6.08. The molecular formula is C16H26O4. The van der Waals surface area contributed by atoms with Crippen molar-refractivity contribution < 1.29 is 20.1 Å². The van der Waals surface area contributed by atoms with Crippen LogP contribution in [0.15, 0.2) is 0 Å². The summed E-state index contributed by atoms with van der Waals surface area (Å²) in [6.07, 6.45) is -0.930. The fourth-order valence-electron chi connectivity index (χ4n) is 3.82. The molecule has 3 rings (SSSR count). The summed E-state index contributed by atoms with van der Waals surface area (Å²) in [7, 11) is 0. The third-order valence-corrected chi connectivity index (χ3v) is 4.74. The standard InChI is InChI=1S/C16H26O4/c1-6-7-16(19)10-8-12(20-14(2,3)4)15(5,13(16)18)9-11(10)17/h10-13,17-19H,8-9H2,1-5H3/t10?,11-,12-,13?,15?,16?/m0/s1. The Morgan fingerprint density at radius 1 is 1.25 bits per heavy atom. The molecule has 114 valence electrons. The molecule has 0 saturated heterocycles. The molecule has 3 N–H and O–H groups in total. The lowest BCUT2D eigenvalue weighted by Gasteiger charge is -2.61. The molecule has 4 unspecified atom stereocenters.